The molecule has 1 aromatic carbocycles. The summed E-state index contributed by atoms with van der Waals surface area (Å²) in [5.74, 6) is -0.720. The predicted molar refractivity (Wildman–Crippen MR) is 73.2 cm³/mol. The van der Waals surface area contributed by atoms with E-state index in [1.807, 2.05) is 18.2 Å². The van der Waals surface area contributed by atoms with E-state index in [1.54, 1.807) is 19.1 Å². The average Bonchev–Trinajstić information content (AvgIpc) is 2.74. The van der Waals surface area contributed by atoms with Gasteiger partial charge in [0.15, 0.2) is 0 Å². The number of para-hydroxylation sites is 1. The molecule has 3 rings (SSSR count). The number of carbonyl (C=O) groups is 2. The van der Waals surface area contributed by atoms with Crippen LogP contribution in [0.5, 0.6) is 0 Å². The number of hydrogen-bond donors (Lipinski definition) is 2. The summed E-state index contributed by atoms with van der Waals surface area (Å²) >= 11 is 0. The minimum Gasteiger partial charge on any atom is -0.325 e. The van der Waals surface area contributed by atoms with E-state index in [9.17, 15) is 9.59 Å². The molecule has 1 unspecified atom stereocenters. The SMILES string of the molecule is Cc1ncc2c(n1)NC(=O)C2C(=O)Nc1ccccc1. The minimum absolute atomic E-state index is 0.381. The number of aromatic nitrogens is 2. The predicted octanol–water partition coefficient (Wildman–Crippen LogP) is 1.46. The summed E-state index contributed by atoms with van der Waals surface area (Å²) in [4.78, 5) is 32.3. The Hall–Kier alpha value is -2.76. The van der Waals surface area contributed by atoms with Gasteiger partial charge in [-0.2, -0.15) is 0 Å². The molecule has 0 radical (unpaired) electrons. The van der Waals surface area contributed by atoms with Crippen molar-refractivity contribution in [2.24, 2.45) is 0 Å². The molecule has 0 spiro atoms. The first kappa shape index (κ1) is 12.3. The summed E-state index contributed by atoms with van der Waals surface area (Å²) in [6, 6.07) is 8.99. The molecule has 2 amide bonds. The van der Waals surface area contributed by atoms with Crippen molar-refractivity contribution in [2.45, 2.75) is 12.8 Å². The van der Waals surface area contributed by atoms with Crippen molar-refractivity contribution in [1.29, 1.82) is 0 Å². The van der Waals surface area contributed by atoms with E-state index in [-0.39, 0.29) is 11.8 Å². The minimum atomic E-state index is -0.911. The van der Waals surface area contributed by atoms with E-state index in [2.05, 4.69) is 20.6 Å². The molecule has 0 fully saturated rings. The zero-order valence-electron chi connectivity index (χ0n) is 10.8. The van der Waals surface area contributed by atoms with Crippen LogP contribution in [-0.4, -0.2) is 21.8 Å². The maximum absolute atomic E-state index is 12.2. The summed E-state index contributed by atoms with van der Waals surface area (Å²) in [6.07, 6.45) is 1.52. The molecular formula is C14H12N4O2. The van der Waals surface area contributed by atoms with E-state index in [0.717, 1.165) is 0 Å². The Labute approximate surface area is 115 Å². The van der Waals surface area contributed by atoms with Gasteiger partial charge in [-0.3, -0.25) is 9.59 Å². The maximum Gasteiger partial charge on any atom is 0.242 e. The molecule has 6 nitrogen and oxygen atoms in total. The molecule has 0 saturated heterocycles. The molecule has 6 heteroatoms. The van der Waals surface area contributed by atoms with Gasteiger partial charge in [0.25, 0.3) is 0 Å². The third-order valence-electron chi connectivity index (χ3n) is 3.06. The molecule has 2 N–H and O–H groups in total. The number of nitrogens with one attached hydrogen (secondary N) is 2. The molecule has 0 saturated carbocycles. The molecule has 100 valence electrons. The fraction of sp³-hybridized carbons (Fsp3) is 0.143. The molecule has 1 aliphatic rings. The van der Waals surface area contributed by atoms with Crippen molar-refractivity contribution in [3.8, 4) is 0 Å². The zero-order chi connectivity index (χ0) is 14.1. The van der Waals surface area contributed by atoms with E-state index in [1.165, 1.54) is 6.20 Å². The van der Waals surface area contributed by atoms with Crippen LogP contribution in [0, 0.1) is 6.92 Å². The Morgan fingerprint density at radius 3 is 2.80 bits per heavy atom. The molecule has 2 heterocycles. The fourth-order valence-corrected chi connectivity index (χ4v) is 2.12. The van der Waals surface area contributed by atoms with Gasteiger partial charge in [0.2, 0.25) is 11.8 Å². The Balaban J connectivity index is 1.88. The number of benzene rings is 1. The van der Waals surface area contributed by atoms with Gasteiger partial charge in [-0.25, -0.2) is 9.97 Å². The van der Waals surface area contributed by atoms with Gasteiger partial charge in [-0.1, -0.05) is 18.2 Å². The monoisotopic (exact) mass is 268 g/mol. The van der Waals surface area contributed by atoms with Crippen LogP contribution < -0.4 is 10.6 Å². The van der Waals surface area contributed by atoms with E-state index < -0.39 is 5.92 Å². The zero-order valence-corrected chi connectivity index (χ0v) is 10.8. The van der Waals surface area contributed by atoms with Gasteiger partial charge >= 0.3 is 0 Å². The van der Waals surface area contributed by atoms with Gasteiger partial charge in [0.1, 0.15) is 17.6 Å². The highest BCUT2D eigenvalue weighted by Crippen LogP contribution is 2.31. The first-order valence-electron chi connectivity index (χ1n) is 6.15. The summed E-state index contributed by atoms with van der Waals surface area (Å²) in [7, 11) is 0. The maximum atomic E-state index is 12.2. The lowest BCUT2D eigenvalue weighted by Crippen LogP contribution is -2.26. The second-order valence-electron chi connectivity index (χ2n) is 4.50. The highest BCUT2D eigenvalue weighted by atomic mass is 16.2. The molecule has 1 aromatic heterocycles. The molecule has 0 aliphatic carbocycles. The van der Waals surface area contributed by atoms with Crippen LogP contribution in [0.15, 0.2) is 36.5 Å². The fourth-order valence-electron chi connectivity index (χ4n) is 2.12. The summed E-state index contributed by atoms with van der Waals surface area (Å²) in [5, 5.41) is 5.32. The van der Waals surface area contributed by atoms with Gasteiger partial charge in [0.05, 0.1) is 0 Å². The third-order valence-corrected chi connectivity index (χ3v) is 3.06. The van der Waals surface area contributed by atoms with E-state index >= 15 is 0 Å². The molecule has 1 aliphatic heterocycles. The van der Waals surface area contributed by atoms with Crippen molar-refractivity contribution in [3.05, 3.63) is 47.9 Å². The number of aryl methyl sites for hydroxylation is 1. The topological polar surface area (TPSA) is 84.0 Å². The lowest BCUT2D eigenvalue weighted by Gasteiger charge is -2.09. The van der Waals surface area contributed by atoms with Crippen LogP contribution in [-0.2, 0) is 9.59 Å². The Morgan fingerprint density at radius 1 is 1.30 bits per heavy atom. The van der Waals surface area contributed by atoms with Crippen molar-refractivity contribution in [1.82, 2.24) is 9.97 Å². The number of hydrogen-bond acceptors (Lipinski definition) is 4. The molecule has 1 atom stereocenters. The van der Waals surface area contributed by atoms with Crippen LogP contribution in [0.4, 0.5) is 11.5 Å². The largest absolute Gasteiger partial charge is 0.325 e. The number of anilines is 2. The number of amides is 2. The van der Waals surface area contributed by atoms with Crippen LogP contribution >= 0.6 is 0 Å². The number of rotatable bonds is 2. The first-order valence-corrected chi connectivity index (χ1v) is 6.15. The number of fused-ring (bicyclic) bond motifs is 1. The van der Waals surface area contributed by atoms with Crippen molar-refractivity contribution in [2.75, 3.05) is 10.6 Å². The average molecular weight is 268 g/mol. The Bertz CT molecular complexity index is 685. The van der Waals surface area contributed by atoms with E-state index in [4.69, 9.17) is 0 Å². The highest BCUT2D eigenvalue weighted by Gasteiger charge is 2.37. The standard InChI is InChI=1S/C14H12N4O2/c1-8-15-7-10-11(14(20)18-12(10)16-8)13(19)17-9-5-3-2-4-6-9/h2-7,11H,1H3,(H,17,19)(H,15,16,18,20). The second-order valence-corrected chi connectivity index (χ2v) is 4.50. The Morgan fingerprint density at radius 2 is 2.05 bits per heavy atom. The van der Waals surface area contributed by atoms with Gasteiger partial charge in [-0.05, 0) is 19.1 Å². The third kappa shape index (κ3) is 2.11. The molecule has 0 bridgehead atoms. The van der Waals surface area contributed by atoms with Gasteiger partial charge in [0, 0.05) is 17.4 Å². The van der Waals surface area contributed by atoms with Gasteiger partial charge in [-0.15, -0.1) is 0 Å². The lowest BCUT2D eigenvalue weighted by molar-refractivity contribution is -0.125. The highest BCUT2D eigenvalue weighted by molar-refractivity contribution is 6.18. The molecule has 2 aromatic rings. The molecule has 20 heavy (non-hydrogen) atoms. The van der Waals surface area contributed by atoms with Crippen molar-refractivity contribution in [3.63, 3.8) is 0 Å². The summed E-state index contributed by atoms with van der Waals surface area (Å²) in [6.45, 7) is 1.73. The Kier molecular flexibility index (Phi) is 2.90. The van der Waals surface area contributed by atoms with Crippen molar-refractivity contribution >= 4 is 23.3 Å². The van der Waals surface area contributed by atoms with Crippen molar-refractivity contribution < 1.29 is 9.59 Å². The first-order chi connectivity index (χ1) is 9.65. The van der Waals surface area contributed by atoms with Crippen LogP contribution in [0.1, 0.15) is 17.3 Å². The number of carbonyl (C=O) groups excluding carboxylic acids is 2. The van der Waals surface area contributed by atoms with Crippen LogP contribution in [0.3, 0.4) is 0 Å². The number of nitrogens with zero attached hydrogens (tertiary/aromatic N) is 2. The smallest absolute Gasteiger partial charge is 0.242 e. The second kappa shape index (κ2) is 4.73. The van der Waals surface area contributed by atoms with Crippen LogP contribution in [0.2, 0.25) is 0 Å². The normalized spacial score (nSPS) is 16.4. The molecular weight excluding hydrogens is 256 g/mol. The summed E-state index contributed by atoms with van der Waals surface area (Å²) < 4.78 is 0. The summed E-state index contributed by atoms with van der Waals surface area (Å²) in [5.41, 5.74) is 1.15. The van der Waals surface area contributed by atoms with E-state index in [0.29, 0.717) is 22.9 Å². The van der Waals surface area contributed by atoms with Gasteiger partial charge < -0.3 is 10.6 Å². The van der Waals surface area contributed by atoms with Crippen LogP contribution in [0.25, 0.3) is 0 Å². The lowest BCUT2D eigenvalue weighted by atomic mass is 10.0. The quantitative estimate of drug-likeness (QED) is 0.808.